The molecule has 2 N–H and O–H groups in total. The van der Waals surface area contributed by atoms with Crippen LogP contribution in [0.3, 0.4) is 0 Å². The number of fused-ring (bicyclic) bond motifs is 1. The molecule has 1 saturated heterocycles. The van der Waals surface area contributed by atoms with Crippen LogP contribution in [0.2, 0.25) is 10.0 Å². The van der Waals surface area contributed by atoms with Crippen molar-refractivity contribution in [3.63, 3.8) is 0 Å². The van der Waals surface area contributed by atoms with E-state index in [2.05, 4.69) is 15.0 Å². The van der Waals surface area contributed by atoms with Crippen molar-refractivity contribution in [1.29, 1.82) is 0 Å². The molecule has 1 aliphatic carbocycles. The molecule has 0 unspecified atom stereocenters. The van der Waals surface area contributed by atoms with Gasteiger partial charge in [-0.3, -0.25) is 0 Å². The molecular weight excluding hydrogens is 439 g/mol. The molecule has 1 aromatic carbocycles. The third kappa shape index (κ3) is 3.55. The van der Waals surface area contributed by atoms with E-state index < -0.39 is 0 Å². The third-order valence-electron chi connectivity index (χ3n) is 6.66. The first-order valence-corrected chi connectivity index (χ1v) is 12.0. The van der Waals surface area contributed by atoms with Crippen LogP contribution in [-0.4, -0.2) is 38.7 Å². The van der Waals surface area contributed by atoms with Gasteiger partial charge in [0.05, 0.1) is 14.9 Å². The summed E-state index contributed by atoms with van der Waals surface area (Å²) >= 11 is 14.0. The Labute approximate surface area is 190 Å². The summed E-state index contributed by atoms with van der Waals surface area (Å²) in [5.74, 6) is 0.836. The van der Waals surface area contributed by atoms with E-state index in [9.17, 15) is 0 Å². The Morgan fingerprint density at radius 3 is 2.70 bits per heavy atom. The first-order valence-electron chi connectivity index (χ1n) is 10.4. The molecule has 2 aromatic heterocycles. The topological polar surface area (TPSA) is 72.3 Å². The van der Waals surface area contributed by atoms with Crippen molar-refractivity contribution in [2.75, 3.05) is 18.0 Å². The molecule has 1 spiro atoms. The highest BCUT2D eigenvalue weighted by Gasteiger charge is 2.41. The van der Waals surface area contributed by atoms with Crippen molar-refractivity contribution in [3.05, 3.63) is 40.8 Å². The summed E-state index contributed by atoms with van der Waals surface area (Å²) in [6, 6.07) is 5.94. The quantitative estimate of drug-likeness (QED) is 0.585. The first-order chi connectivity index (χ1) is 14.6. The fourth-order valence-electron chi connectivity index (χ4n) is 4.86. The van der Waals surface area contributed by atoms with Gasteiger partial charge in [0.25, 0.3) is 0 Å². The van der Waals surface area contributed by atoms with E-state index >= 15 is 0 Å². The van der Waals surface area contributed by atoms with Gasteiger partial charge in [-0.1, -0.05) is 53.9 Å². The van der Waals surface area contributed by atoms with E-state index in [4.69, 9.17) is 33.9 Å². The second-order valence-corrected chi connectivity index (χ2v) is 10.1. The predicted molar refractivity (Wildman–Crippen MR) is 122 cm³/mol. The molecular formula is C21H24Cl2N6S. The SMILES string of the molecule is N[C@@H]1CCCCC12CCN(c1ncc(Sc3cccc(Cl)c3Cl)c3ncnn13)CC2. The van der Waals surface area contributed by atoms with Gasteiger partial charge < -0.3 is 10.6 Å². The van der Waals surface area contributed by atoms with Crippen LogP contribution in [0.4, 0.5) is 5.95 Å². The van der Waals surface area contributed by atoms with E-state index in [-0.39, 0.29) is 0 Å². The largest absolute Gasteiger partial charge is 0.341 e. The number of rotatable bonds is 3. The van der Waals surface area contributed by atoms with Gasteiger partial charge in [-0.2, -0.15) is 9.61 Å². The lowest BCUT2D eigenvalue weighted by Crippen LogP contribution is -2.51. The minimum Gasteiger partial charge on any atom is -0.341 e. The summed E-state index contributed by atoms with van der Waals surface area (Å²) in [5, 5.41) is 5.53. The van der Waals surface area contributed by atoms with Crippen molar-refractivity contribution in [2.45, 2.75) is 54.4 Å². The van der Waals surface area contributed by atoms with Crippen LogP contribution in [0, 0.1) is 5.41 Å². The zero-order chi connectivity index (χ0) is 20.7. The molecule has 2 fully saturated rings. The third-order valence-corrected chi connectivity index (χ3v) is 8.66. The number of aromatic nitrogens is 4. The van der Waals surface area contributed by atoms with E-state index in [1.54, 1.807) is 12.4 Å². The number of piperidine rings is 1. The Morgan fingerprint density at radius 1 is 1.07 bits per heavy atom. The predicted octanol–water partition coefficient (Wildman–Crippen LogP) is 5.07. The average Bonchev–Trinajstić information content (AvgIpc) is 3.25. The van der Waals surface area contributed by atoms with E-state index in [1.807, 2.05) is 22.8 Å². The number of nitrogens with zero attached hydrogens (tertiary/aromatic N) is 5. The lowest BCUT2D eigenvalue weighted by molar-refractivity contribution is 0.113. The van der Waals surface area contributed by atoms with Crippen molar-refractivity contribution >= 4 is 46.6 Å². The molecule has 0 radical (unpaired) electrons. The Morgan fingerprint density at radius 2 is 1.90 bits per heavy atom. The molecule has 9 heteroatoms. The number of nitrogens with two attached hydrogens (primary N) is 1. The van der Waals surface area contributed by atoms with Gasteiger partial charge in [0.15, 0.2) is 5.65 Å². The summed E-state index contributed by atoms with van der Waals surface area (Å²) in [6.07, 6.45) is 10.6. The monoisotopic (exact) mass is 462 g/mol. The van der Waals surface area contributed by atoms with Crippen LogP contribution >= 0.6 is 35.0 Å². The summed E-state index contributed by atoms with van der Waals surface area (Å²) in [5.41, 5.74) is 7.61. The molecule has 1 atom stereocenters. The minimum absolute atomic E-state index is 0.301. The molecule has 158 valence electrons. The van der Waals surface area contributed by atoms with Crippen LogP contribution < -0.4 is 10.6 Å². The number of halogens is 2. The molecule has 5 rings (SSSR count). The molecule has 3 aromatic rings. The summed E-state index contributed by atoms with van der Waals surface area (Å²) in [4.78, 5) is 13.3. The number of anilines is 1. The maximum atomic E-state index is 6.53. The normalized spacial score (nSPS) is 21.4. The van der Waals surface area contributed by atoms with Crippen molar-refractivity contribution in [3.8, 4) is 0 Å². The maximum absolute atomic E-state index is 6.53. The Balaban J connectivity index is 1.40. The van der Waals surface area contributed by atoms with Crippen molar-refractivity contribution in [1.82, 2.24) is 19.6 Å². The van der Waals surface area contributed by atoms with E-state index in [0.717, 1.165) is 53.7 Å². The molecule has 3 heterocycles. The summed E-state index contributed by atoms with van der Waals surface area (Å²) in [6.45, 7) is 1.89. The van der Waals surface area contributed by atoms with Crippen molar-refractivity contribution < 1.29 is 0 Å². The van der Waals surface area contributed by atoms with Crippen LogP contribution in [0.1, 0.15) is 38.5 Å². The fourth-order valence-corrected chi connectivity index (χ4v) is 6.25. The van der Waals surface area contributed by atoms with Crippen LogP contribution in [-0.2, 0) is 0 Å². The molecule has 6 nitrogen and oxygen atoms in total. The Bertz CT molecular complexity index is 1060. The van der Waals surface area contributed by atoms with Gasteiger partial charge in [-0.25, -0.2) is 9.97 Å². The second-order valence-electron chi connectivity index (χ2n) is 8.27. The highest BCUT2D eigenvalue weighted by atomic mass is 35.5. The fraction of sp³-hybridized carbons (Fsp3) is 0.476. The van der Waals surface area contributed by atoms with Gasteiger partial charge in [0, 0.05) is 30.2 Å². The summed E-state index contributed by atoms with van der Waals surface area (Å²) < 4.78 is 1.83. The number of hydrogen-bond acceptors (Lipinski definition) is 6. The highest BCUT2D eigenvalue weighted by molar-refractivity contribution is 7.99. The lowest BCUT2D eigenvalue weighted by atomic mass is 9.65. The lowest BCUT2D eigenvalue weighted by Gasteiger charge is -2.48. The zero-order valence-corrected chi connectivity index (χ0v) is 18.9. The average molecular weight is 463 g/mol. The Kier molecular flexibility index (Phi) is 5.56. The highest BCUT2D eigenvalue weighted by Crippen LogP contribution is 2.44. The Hall–Kier alpha value is -1.54. The first kappa shape index (κ1) is 20.4. The van der Waals surface area contributed by atoms with Crippen LogP contribution in [0.15, 0.2) is 40.5 Å². The van der Waals surface area contributed by atoms with Crippen LogP contribution in [0.5, 0.6) is 0 Å². The second kappa shape index (κ2) is 8.19. The van der Waals surface area contributed by atoms with Crippen LogP contribution in [0.25, 0.3) is 5.65 Å². The van der Waals surface area contributed by atoms with E-state index in [0.29, 0.717) is 21.5 Å². The molecule has 0 bridgehead atoms. The number of hydrogen-bond donors (Lipinski definition) is 1. The molecule has 1 saturated carbocycles. The maximum Gasteiger partial charge on any atom is 0.228 e. The zero-order valence-electron chi connectivity index (χ0n) is 16.6. The van der Waals surface area contributed by atoms with E-state index in [1.165, 1.54) is 31.0 Å². The molecule has 30 heavy (non-hydrogen) atoms. The molecule has 2 aliphatic rings. The molecule has 1 aliphatic heterocycles. The molecule has 0 amide bonds. The minimum atomic E-state index is 0.301. The smallest absolute Gasteiger partial charge is 0.228 e. The van der Waals surface area contributed by atoms with Gasteiger partial charge in [-0.15, -0.1) is 0 Å². The van der Waals surface area contributed by atoms with Crippen molar-refractivity contribution in [2.24, 2.45) is 11.1 Å². The van der Waals surface area contributed by atoms with Gasteiger partial charge in [0.2, 0.25) is 5.95 Å². The summed E-state index contributed by atoms with van der Waals surface area (Å²) in [7, 11) is 0. The van der Waals surface area contributed by atoms with Gasteiger partial charge in [-0.05, 0) is 43.2 Å². The van der Waals surface area contributed by atoms with Gasteiger partial charge >= 0.3 is 0 Å². The number of benzene rings is 1. The van der Waals surface area contributed by atoms with Gasteiger partial charge in [0.1, 0.15) is 6.33 Å². The standard InChI is InChI=1S/C21H24Cl2N6S/c22-14-4-3-5-15(18(14)23)30-16-12-25-20(29-19(16)26-13-27-29)28-10-8-21(9-11-28)7-2-1-6-17(21)24/h3-5,12-13,17H,1-2,6-11,24H2/t17-/m1/s1.